The van der Waals surface area contributed by atoms with Gasteiger partial charge in [-0.2, -0.15) is 0 Å². The Kier molecular flexibility index (Phi) is 3.72. The molecule has 0 aliphatic carbocycles. The first-order chi connectivity index (χ1) is 12.2. The van der Waals surface area contributed by atoms with E-state index in [1.807, 2.05) is 25.1 Å². The highest BCUT2D eigenvalue weighted by molar-refractivity contribution is 6.08. The van der Waals surface area contributed by atoms with Crippen molar-refractivity contribution in [3.63, 3.8) is 0 Å². The summed E-state index contributed by atoms with van der Waals surface area (Å²) in [7, 11) is 1.62. The molecule has 2 N–H and O–H groups in total. The maximum Gasteiger partial charge on any atom is 0.272 e. The fourth-order valence-electron chi connectivity index (χ4n) is 2.99. The number of hydrogen-bond acceptors (Lipinski definition) is 4. The summed E-state index contributed by atoms with van der Waals surface area (Å²) in [4.78, 5) is 15.9. The first-order valence-electron chi connectivity index (χ1n) is 8.03. The van der Waals surface area contributed by atoms with E-state index in [-0.39, 0.29) is 5.91 Å². The van der Waals surface area contributed by atoms with Gasteiger partial charge in [-0.3, -0.25) is 4.79 Å². The molecule has 0 saturated heterocycles. The summed E-state index contributed by atoms with van der Waals surface area (Å²) in [5.41, 5.74) is 2.94. The summed E-state index contributed by atoms with van der Waals surface area (Å²) in [5.74, 6) is 1.87. The molecule has 2 aromatic carbocycles. The SMILES string of the molecule is COc1ccc2c(C)c(C(=O)Nc3ccc4c(c3)OCCO4)[nH]c2c1. The third-order valence-electron chi connectivity index (χ3n) is 4.29. The number of aromatic nitrogens is 1. The summed E-state index contributed by atoms with van der Waals surface area (Å²) in [6, 6.07) is 11.1. The number of benzene rings is 2. The molecular formula is C19H18N2O4. The van der Waals surface area contributed by atoms with Crippen LogP contribution < -0.4 is 19.5 Å². The van der Waals surface area contributed by atoms with Crippen LogP contribution in [0.25, 0.3) is 10.9 Å². The van der Waals surface area contributed by atoms with Crippen molar-refractivity contribution in [2.75, 3.05) is 25.6 Å². The Morgan fingerprint density at radius 2 is 1.92 bits per heavy atom. The number of amides is 1. The van der Waals surface area contributed by atoms with Gasteiger partial charge in [0.05, 0.1) is 7.11 Å². The molecule has 128 valence electrons. The zero-order chi connectivity index (χ0) is 17.4. The molecule has 1 aliphatic rings. The lowest BCUT2D eigenvalue weighted by atomic mass is 10.1. The van der Waals surface area contributed by atoms with E-state index >= 15 is 0 Å². The zero-order valence-corrected chi connectivity index (χ0v) is 14.0. The number of nitrogens with one attached hydrogen (secondary N) is 2. The van der Waals surface area contributed by atoms with Crippen molar-refractivity contribution in [1.29, 1.82) is 0 Å². The Labute approximate surface area is 144 Å². The highest BCUT2D eigenvalue weighted by atomic mass is 16.6. The molecule has 0 unspecified atom stereocenters. The van der Waals surface area contributed by atoms with Crippen molar-refractivity contribution in [1.82, 2.24) is 4.98 Å². The highest BCUT2D eigenvalue weighted by Crippen LogP contribution is 2.33. The largest absolute Gasteiger partial charge is 0.497 e. The summed E-state index contributed by atoms with van der Waals surface area (Å²) in [6.07, 6.45) is 0. The molecule has 3 aromatic rings. The van der Waals surface area contributed by atoms with Gasteiger partial charge in [-0.15, -0.1) is 0 Å². The molecule has 0 bridgehead atoms. The van der Waals surface area contributed by atoms with Crippen molar-refractivity contribution in [2.24, 2.45) is 0 Å². The minimum Gasteiger partial charge on any atom is -0.497 e. The van der Waals surface area contributed by atoms with Crippen LogP contribution in [0.1, 0.15) is 16.1 Å². The van der Waals surface area contributed by atoms with E-state index in [1.54, 1.807) is 25.3 Å². The maximum atomic E-state index is 12.7. The van der Waals surface area contributed by atoms with Gasteiger partial charge < -0.3 is 24.5 Å². The average Bonchev–Trinajstić information content (AvgIpc) is 2.97. The number of rotatable bonds is 3. The van der Waals surface area contributed by atoms with Gasteiger partial charge in [-0.25, -0.2) is 0 Å². The van der Waals surface area contributed by atoms with Crippen LogP contribution in [0.5, 0.6) is 17.2 Å². The van der Waals surface area contributed by atoms with Crippen molar-refractivity contribution in [3.8, 4) is 17.2 Å². The van der Waals surface area contributed by atoms with E-state index < -0.39 is 0 Å². The first-order valence-corrected chi connectivity index (χ1v) is 8.03. The van der Waals surface area contributed by atoms with Crippen LogP contribution in [0, 0.1) is 6.92 Å². The van der Waals surface area contributed by atoms with E-state index in [1.165, 1.54) is 0 Å². The van der Waals surface area contributed by atoms with Crippen LogP contribution in [0.3, 0.4) is 0 Å². The van der Waals surface area contributed by atoms with Gasteiger partial charge in [-0.05, 0) is 36.8 Å². The van der Waals surface area contributed by atoms with Crippen LogP contribution in [-0.2, 0) is 0 Å². The Bertz CT molecular complexity index is 961. The molecule has 0 fully saturated rings. The highest BCUT2D eigenvalue weighted by Gasteiger charge is 2.17. The number of hydrogen-bond donors (Lipinski definition) is 2. The molecular weight excluding hydrogens is 320 g/mol. The minimum absolute atomic E-state index is 0.204. The van der Waals surface area contributed by atoms with Crippen LogP contribution in [-0.4, -0.2) is 31.2 Å². The Morgan fingerprint density at radius 1 is 1.12 bits per heavy atom. The Hall–Kier alpha value is -3.15. The zero-order valence-electron chi connectivity index (χ0n) is 14.0. The molecule has 6 heteroatoms. The molecule has 6 nitrogen and oxygen atoms in total. The maximum absolute atomic E-state index is 12.7. The smallest absolute Gasteiger partial charge is 0.272 e. The molecule has 4 rings (SSSR count). The summed E-state index contributed by atoms with van der Waals surface area (Å²) in [5, 5.41) is 3.90. The monoisotopic (exact) mass is 338 g/mol. The van der Waals surface area contributed by atoms with Gasteiger partial charge >= 0.3 is 0 Å². The van der Waals surface area contributed by atoms with E-state index in [0.717, 1.165) is 22.2 Å². The summed E-state index contributed by atoms with van der Waals surface area (Å²) in [6.45, 7) is 2.97. The molecule has 2 heterocycles. The van der Waals surface area contributed by atoms with Gasteiger partial charge in [0, 0.05) is 28.7 Å². The van der Waals surface area contributed by atoms with Crippen molar-refractivity contribution < 1.29 is 19.0 Å². The number of carbonyl (C=O) groups is 1. The lowest BCUT2D eigenvalue weighted by Gasteiger charge is -2.19. The van der Waals surface area contributed by atoms with Crippen LogP contribution >= 0.6 is 0 Å². The molecule has 1 aliphatic heterocycles. The topological polar surface area (TPSA) is 72.6 Å². The molecule has 0 radical (unpaired) electrons. The number of aromatic amines is 1. The molecule has 0 atom stereocenters. The molecule has 1 amide bonds. The lowest BCUT2D eigenvalue weighted by molar-refractivity contribution is 0.102. The Morgan fingerprint density at radius 3 is 2.72 bits per heavy atom. The van der Waals surface area contributed by atoms with Crippen LogP contribution in [0.4, 0.5) is 5.69 Å². The van der Waals surface area contributed by atoms with Gasteiger partial charge in [0.15, 0.2) is 11.5 Å². The summed E-state index contributed by atoms with van der Waals surface area (Å²) < 4.78 is 16.3. The first kappa shape index (κ1) is 15.4. The molecule has 0 spiro atoms. The van der Waals surface area contributed by atoms with E-state index in [4.69, 9.17) is 14.2 Å². The quantitative estimate of drug-likeness (QED) is 0.766. The molecule has 25 heavy (non-hydrogen) atoms. The second-order valence-corrected chi connectivity index (χ2v) is 5.85. The van der Waals surface area contributed by atoms with E-state index in [9.17, 15) is 4.79 Å². The lowest BCUT2D eigenvalue weighted by Crippen LogP contribution is -2.17. The number of fused-ring (bicyclic) bond motifs is 2. The van der Waals surface area contributed by atoms with Gasteiger partial charge in [0.2, 0.25) is 0 Å². The number of ether oxygens (including phenoxy) is 3. The van der Waals surface area contributed by atoms with Crippen molar-refractivity contribution in [2.45, 2.75) is 6.92 Å². The number of anilines is 1. The summed E-state index contributed by atoms with van der Waals surface area (Å²) >= 11 is 0. The second-order valence-electron chi connectivity index (χ2n) is 5.85. The fourth-order valence-corrected chi connectivity index (χ4v) is 2.99. The number of methoxy groups -OCH3 is 1. The number of H-pyrrole nitrogens is 1. The van der Waals surface area contributed by atoms with Gasteiger partial charge in [-0.1, -0.05) is 0 Å². The van der Waals surface area contributed by atoms with Crippen molar-refractivity contribution >= 4 is 22.5 Å². The predicted octanol–water partition coefficient (Wildman–Crippen LogP) is 3.51. The third kappa shape index (κ3) is 2.76. The van der Waals surface area contributed by atoms with Crippen molar-refractivity contribution in [3.05, 3.63) is 47.7 Å². The van der Waals surface area contributed by atoms with Crippen LogP contribution in [0.2, 0.25) is 0 Å². The van der Waals surface area contributed by atoms with Gasteiger partial charge in [0.25, 0.3) is 5.91 Å². The fraction of sp³-hybridized carbons (Fsp3) is 0.211. The van der Waals surface area contributed by atoms with E-state index in [0.29, 0.717) is 36.1 Å². The standard InChI is InChI=1S/C19H18N2O4/c1-11-14-5-4-13(23-2)10-15(14)21-18(11)19(22)20-12-3-6-16-17(9-12)25-8-7-24-16/h3-6,9-10,21H,7-8H2,1-2H3,(H,20,22). The second kappa shape index (κ2) is 6.05. The normalized spacial score (nSPS) is 12.9. The number of carbonyl (C=O) groups excluding carboxylic acids is 1. The predicted molar refractivity (Wildman–Crippen MR) is 95.0 cm³/mol. The Balaban J connectivity index is 1.62. The molecule has 0 saturated carbocycles. The average molecular weight is 338 g/mol. The minimum atomic E-state index is -0.204. The molecule has 1 aromatic heterocycles. The van der Waals surface area contributed by atoms with Crippen LogP contribution in [0.15, 0.2) is 36.4 Å². The van der Waals surface area contributed by atoms with Gasteiger partial charge in [0.1, 0.15) is 24.7 Å². The third-order valence-corrected chi connectivity index (χ3v) is 4.29. The number of aryl methyl sites for hydroxylation is 1. The van der Waals surface area contributed by atoms with E-state index in [2.05, 4.69) is 10.3 Å².